The number of aromatic nitrogens is 2. The summed E-state index contributed by atoms with van der Waals surface area (Å²) in [6, 6.07) is 16.4. The molecule has 0 bridgehead atoms. The topological polar surface area (TPSA) is 101 Å². The first-order valence-corrected chi connectivity index (χ1v) is 8.08. The summed E-state index contributed by atoms with van der Waals surface area (Å²) in [5, 5.41) is 0. The van der Waals surface area contributed by atoms with E-state index < -0.39 is 6.04 Å². The number of benzene rings is 2. The summed E-state index contributed by atoms with van der Waals surface area (Å²) in [5.74, 6) is -0.190. The summed E-state index contributed by atoms with van der Waals surface area (Å²) < 4.78 is 0. The average Bonchev–Trinajstić information content (AvgIpc) is 3.14. The number of hydrogen-bond donors (Lipinski definition) is 3. The van der Waals surface area contributed by atoms with E-state index in [-0.39, 0.29) is 5.91 Å². The largest absolute Gasteiger partial charge is 0.397 e. The number of hydrogen-bond acceptors (Lipinski definition) is 4. The minimum atomic E-state index is -0.702. The van der Waals surface area contributed by atoms with E-state index >= 15 is 0 Å². The molecule has 2 aromatic carbocycles. The van der Waals surface area contributed by atoms with Gasteiger partial charge in [-0.1, -0.05) is 42.5 Å². The first kappa shape index (κ1) is 16.7. The van der Waals surface area contributed by atoms with Crippen molar-refractivity contribution >= 4 is 17.3 Å². The number of carbonyl (C=O) groups is 1. The van der Waals surface area contributed by atoms with E-state index in [9.17, 15) is 4.79 Å². The Labute approximate surface area is 146 Å². The maximum absolute atomic E-state index is 13.0. The second-order valence-electron chi connectivity index (χ2n) is 5.84. The molecule has 128 valence electrons. The summed E-state index contributed by atoms with van der Waals surface area (Å²) in [5.41, 5.74) is 15.2. The Morgan fingerprint density at radius 1 is 1.12 bits per heavy atom. The van der Waals surface area contributed by atoms with Crippen molar-refractivity contribution in [1.29, 1.82) is 0 Å². The van der Waals surface area contributed by atoms with Gasteiger partial charge in [-0.3, -0.25) is 4.79 Å². The molecule has 5 N–H and O–H groups in total. The molecule has 0 spiro atoms. The Morgan fingerprint density at radius 3 is 2.52 bits per heavy atom. The second-order valence-corrected chi connectivity index (χ2v) is 5.84. The monoisotopic (exact) mass is 335 g/mol. The van der Waals surface area contributed by atoms with Gasteiger partial charge in [0.15, 0.2) is 0 Å². The molecule has 3 aromatic rings. The number of rotatable bonds is 6. The van der Waals surface area contributed by atoms with E-state index in [1.54, 1.807) is 23.5 Å². The van der Waals surface area contributed by atoms with Crippen LogP contribution in [0.25, 0.3) is 0 Å². The van der Waals surface area contributed by atoms with Crippen LogP contribution < -0.4 is 16.4 Å². The molecule has 1 amide bonds. The maximum atomic E-state index is 13.0. The van der Waals surface area contributed by atoms with Crippen LogP contribution in [0.3, 0.4) is 0 Å². The lowest BCUT2D eigenvalue weighted by Gasteiger charge is -2.27. The van der Waals surface area contributed by atoms with Gasteiger partial charge >= 0.3 is 0 Å². The predicted octanol–water partition coefficient (Wildman–Crippen LogP) is 2.10. The molecule has 1 heterocycles. The van der Waals surface area contributed by atoms with Crippen LogP contribution in [0, 0.1) is 0 Å². The summed E-state index contributed by atoms with van der Waals surface area (Å²) in [6.45, 7) is 0.405. The number of para-hydroxylation sites is 2. The number of nitrogen functional groups attached to an aromatic ring is 1. The van der Waals surface area contributed by atoms with E-state index in [0.717, 1.165) is 11.3 Å². The van der Waals surface area contributed by atoms with E-state index in [0.29, 0.717) is 24.3 Å². The summed E-state index contributed by atoms with van der Waals surface area (Å²) in [6.07, 6.45) is 3.68. The van der Waals surface area contributed by atoms with Crippen LogP contribution >= 0.6 is 0 Å². The van der Waals surface area contributed by atoms with E-state index in [2.05, 4.69) is 9.97 Å². The van der Waals surface area contributed by atoms with E-state index in [4.69, 9.17) is 11.5 Å². The molecule has 1 aromatic heterocycles. The Bertz CT molecular complexity index is 817. The highest BCUT2D eigenvalue weighted by Gasteiger charge is 2.24. The lowest BCUT2D eigenvalue weighted by molar-refractivity contribution is -0.120. The number of amides is 1. The molecule has 0 saturated carbocycles. The van der Waals surface area contributed by atoms with Gasteiger partial charge in [0.05, 0.1) is 36.0 Å². The fourth-order valence-corrected chi connectivity index (χ4v) is 2.70. The molecular formula is C19H21N5O. The number of nitrogens with one attached hydrogen (secondary N) is 1. The zero-order chi connectivity index (χ0) is 17.6. The number of carbonyl (C=O) groups excluding carboxylic acids is 1. The Balaban J connectivity index is 1.87. The van der Waals surface area contributed by atoms with Gasteiger partial charge in [0.1, 0.15) is 0 Å². The first-order chi connectivity index (χ1) is 12.1. The molecule has 1 atom stereocenters. The van der Waals surface area contributed by atoms with Gasteiger partial charge in [0, 0.05) is 12.6 Å². The van der Waals surface area contributed by atoms with Crippen LogP contribution in [-0.2, 0) is 17.8 Å². The molecule has 0 fully saturated rings. The fourth-order valence-electron chi connectivity index (χ4n) is 2.70. The minimum Gasteiger partial charge on any atom is -0.397 e. The van der Waals surface area contributed by atoms with Gasteiger partial charge in [-0.05, 0) is 17.7 Å². The van der Waals surface area contributed by atoms with Gasteiger partial charge in [-0.25, -0.2) is 4.98 Å². The summed E-state index contributed by atoms with van der Waals surface area (Å²) >= 11 is 0. The second kappa shape index (κ2) is 7.63. The van der Waals surface area contributed by atoms with Crippen molar-refractivity contribution in [3.8, 4) is 0 Å². The highest BCUT2D eigenvalue weighted by molar-refractivity contribution is 5.99. The number of anilines is 2. The lowest BCUT2D eigenvalue weighted by Crippen LogP contribution is -2.45. The fraction of sp³-hybridized carbons (Fsp3) is 0.158. The average molecular weight is 335 g/mol. The van der Waals surface area contributed by atoms with Crippen LogP contribution in [0.5, 0.6) is 0 Å². The molecule has 0 aliphatic rings. The molecule has 0 unspecified atom stereocenters. The van der Waals surface area contributed by atoms with Crippen molar-refractivity contribution in [3.05, 3.63) is 78.4 Å². The molecular weight excluding hydrogens is 314 g/mol. The maximum Gasteiger partial charge on any atom is 0.244 e. The number of nitrogens with zero attached hydrogens (tertiary/aromatic N) is 2. The van der Waals surface area contributed by atoms with Crippen molar-refractivity contribution in [1.82, 2.24) is 9.97 Å². The first-order valence-electron chi connectivity index (χ1n) is 8.08. The van der Waals surface area contributed by atoms with Gasteiger partial charge in [-0.15, -0.1) is 0 Å². The molecule has 6 heteroatoms. The molecule has 0 radical (unpaired) electrons. The molecule has 0 aliphatic heterocycles. The van der Waals surface area contributed by atoms with Crippen molar-refractivity contribution in [2.45, 2.75) is 19.0 Å². The Kier molecular flexibility index (Phi) is 5.11. The zero-order valence-corrected chi connectivity index (χ0v) is 13.8. The smallest absolute Gasteiger partial charge is 0.244 e. The SMILES string of the molecule is Nc1ccccc1N(Cc1ccccc1)C(=O)[C@@H](N)Cc1c[nH]cn1. The Hall–Kier alpha value is -3.12. The Morgan fingerprint density at radius 2 is 1.84 bits per heavy atom. The number of nitrogens with two attached hydrogens (primary N) is 2. The third-order valence-electron chi connectivity index (χ3n) is 3.98. The molecule has 3 rings (SSSR count). The summed E-state index contributed by atoms with van der Waals surface area (Å²) in [7, 11) is 0. The van der Waals surface area contributed by atoms with Crippen LogP contribution in [0.4, 0.5) is 11.4 Å². The standard InChI is InChI=1S/C19H21N5O/c20-16-8-4-5-9-18(16)24(12-14-6-2-1-3-7-14)19(25)17(21)10-15-11-22-13-23-15/h1-9,11,13,17H,10,12,20-21H2,(H,22,23)/t17-/m0/s1. The lowest BCUT2D eigenvalue weighted by atomic mass is 10.1. The van der Waals surface area contributed by atoms with Gasteiger partial charge in [0.25, 0.3) is 0 Å². The number of imidazole rings is 1. The van der Waals surface area contributed by atoms with Crippen molar-refractivity contribution < 1.29 is 4.79 Å². The van der Waals surface area contributed by atoms with Gasteiger partial charge in [-0.2, -0.15) is 0 Å². The van der Waals surface area contributed by atoms with Crippen LogP contribution in [0.2, 0.25) is 0 Å². The molecule has 6 nitrogen and oxygen atoms in total. The highest BCUT2D eigenvalue weighted by atomic mass is 16.2. The summed E-state index contributed by atoms with van der Waals surface area (Å²) in [4.78, 5) is 21.7. The minimum absolute atomic E-state index is 0.190. The normalized spacial score (nSPS) is 11.9. The number of aromatic amines is 1. The van der Waals surface area contributed by atoms with E-state index in [1.807, 2.05) is 48.5 Å². The number of H-pyrrole nitrogens is 1. The third-order valence-corrected chi connectivity index (χ3v) is 3.98. The zero-order valence-electron chi connectivity index (χ0n) is 13.8. The van der Waals surface area contributed by atoms with Crippen molar-refractivity contribution in [2.75, 3.05) is 10.6 Å². The van der Waals surface area contributed by atoms with Gasteiger partial charge < -0.3 is 21.4 Å². The molecule has 0 aliphatic carbocycles. The van der Waals surface area contributed by atoms with Crippen LogP contribution in [0.15, 0.2) is 67.1 Å². The van der Waals surface area contributed by atoms with Crippen molar-refractivity contribution in [2.24, 2.45) is 5.73 Å². The molecule has 0 saturated heterocycles. The van der Waals surface area contributed by atoms with Crippen LogP contribution in [0.1, 0.15) is 11.3 Å². The van der Waals surface area contributed by atoms with Crippen molar-refractivity contribution in [3.63, 3.8) is 0 Å². The van der Waals surface area contributed by atoms with E-state index in [1.165, 1.54) is 0 Å². The molecule has 25 heavy (non-hydrogen) atoms. The quantitative estimate of drug-likeness (QED) is 0.600. The predicted molar refractivity (Wildman–Crippen MR) is 98.8 cm³/mol. The third kappa shape index (κ3) is 4.05. The van der Waals surface area contributed by atoms with Gasteiger partial charge in [0.2, 0.25) is 5.91 Å². The van der Waals surface area contributed by atoms with Crippen LogP contribution in [-0.4, -0.2) is 21.9 Å². The highest BCUT2D eigenvalue weighted by Crippen LogP contribution is 2.25.